The fourth-order valence-corrected chi connectivity index (χ4v) is 2.92. The highest BCUT2D eigenvalue weighted by molar-refractivity contribution is 14.0. The predicted molar refractivity (Wildman–Crippen MR) is 118 cm³/mol. The number of carbonyl (C=O) groups excluding carboxylic acids is 1. The summed E-state index contributed by atoms with van der Waals surface area (Å²) in [6, 6.07) is 0.251. The van der Waals surface area contributed by atoms with Gasteiger partial charge in [-0.05, 0) is 33.9 Å². The first-order chi connectivity index (χ1) is 11.9. The van der Waals surface area contributed by atoms with Crippen molar-refractivity contribution in [1.82, 2.24) is 20.4 Å². The van der Waals surface area contributed by atoms with Crippen molar-refractivity contribution in [3.05, 3.63) is 0 Å². The smallest absolute Gasteiger partial charge is 0.225 e. The number of likely N-dealkylation sites (tertiary alicyclic amines) is 1. The molecule has 1 amide bonds. The van der Waals surface area contributed by atoms with E-state index in [-0.39, 0.29) is 47.9 Å². The zero-order valence-electron chi connectivity index (χ0n) is 17.2. The van der Waals surface area contributed by atoms with Gasteiger partial charge in [-0.25, -0.2) is 0 Å². The largest absolute Gasteiger partial charge is 0.377 e. The predicted octanol–water partition coefficient (Wildman–Crippen LogP) is 1.38. The molecule has 1 rings (SSSR count). The first-order valence-corrected chi connectivity index (χ1v) is 9.39. The molecule has 154 valence electrons. The van der Waals surface area contributed by atoms with Crippen molar-refractivity contribution in [3.8, 4) is 0 Å². The average molecular weight is 483 g/mol. The summed E-state index contributed by atoms with van der Waals surface area (Å²) < 4.78 is 5.81. The highest BCUT2D eigenvalue weighted by Gasteiger charge is 2.28. The molecular weight excluding hydrogens is 445 g/mol. The number of hydrogen-bond acceptors (Lipinski definition) is 4. The van der Waals surface area contributed by atoms with Gasteiger partial charge in [-0.3, -0.25) is 9.79 Å². The summed E-state index contributed by atoms with van der Waals surface area (Å²) in [6.45, 7) is 9.91. The van der Waals surface area contributed by atoms with Crippen LogP contribution in [0.25, 0.3) is 0 Å². The van der Waals surface area contributed by atoms with E-state index in [2.05, 4.69) is 34.6 Å². The van der Waals surface area contributed by atoms with Gasteiger partial charge in [0.1, 0.15) is 0 Å². The molecule has 1 aliphatic heterocycles. The van der Waals surface area contributed by atoms with Crippen molar-refractivity contribution in [2.24, 2.45) is 10.9 Å². The standard InChI is InChI=1S/C18H37N5O2.HI/c1-7-25-16(9-10-22(5)6)12-20-18(19-4)21-15-8-11-23(13-15)17(24)14(2)3;/h14-16H,7-13H2,1-6H3,(H2,19,20,21);1H. The summed E-state index contributed by atoms with van der Waals surface area (Å²) in [5.41, 5.74) is 0. The lowest BCUT2D eigenvalue weighted by Crippen LogP contribution is -2.47. The zero-order chi connectivity index (χ0) is 18.8. The summed E-state index contributed by atoms with van der Waals surface area (Å²) >= 11 is 0. The maximum absolute atomic E-state index is 12.1. The van der Waals surface area contributed by atoms with Crippen LogP contribution in [0.3, 0.4) is 0 Å². The Balaban J connectivity index is 0.00000625. The number of nitrogens with one attached hydrogen (secondary N) is 2. The number of aliphatic imine (C=N–C) groups is 1. The van der Waals surface area contributed by atoms with Crippen molar-refractivity contribution >= 4 is 35.8 Å². The Bertz CT molecular complexity index is 432. The van der Waals surface area contributed by atoms with Crippen molar-refractivity contribution in [2.45, 2.75) is 45.8 Å². The van der Waals surface area contributed by atoms with Crippen LogP contribution >= 0.6 is 24.0 Å². The van der Waals surface area contributed by atoms with Crippen LogP contribution < -0.4 is 10.6 Å². The Kier molecular flexibility index (Phi) is 13.2. The summed E-state index contributed by atoms with van der Waals surface area (Å²) in [4.78, 5) is 20.5. The van der Waals surface area contributed by atoms with Gasteiger partial charge in [0.15, 0.2) is 5.96 Å². The van der Waals surface area contributed by atoms with Gasteiger partial charge in [0.25, 0.3) is 0 Å². The fourth-order valence-electron chi connectivity index (χ4n) is 2.92. The van der Waals surface area contributed by atoms with Gasteiger partial charge in [-0.15, -0.1) is 24.0 Å². The van der Waals surface area contributed by atoms with Crippen LogP contribution in [0, 0.1) is 5.92 Å². The normalized spacial score (nSPS) is 18.8. The Labute approximate surface area is 176 Å². The quantitative estimate of drug-likeness (QED) is 0.295. The second-order valence-corrected chi connectivity index (χ2v) is 7.19. The molecule has 0 saturated carbocycles. The summed E-state index contributed by atoms with van der Waals surface area (Å²) in [7, 11) is 5.92. The fraction of sp³-hybridized carbons (Fsp3) is 0.889. The summed E-state index contributed by atoms with van der Waals surface area (Å²) in [6.07, 6.45) is 2.09. The van der Waals surface area contributed by atoms with Crippen LogP contribution in [-0.2, 0) is 9.53 Å². The van der Waals surface area contributed by atoms with E-state index in [0.29, 0.717) is 6.61 Å². The maximum Gasteiger partial charge on any atom is 0.225 e. The molecule has 0 aromatic heterocycles. The Morgan fingerprint density at radius 2 is 2.08 bits per heavy atom. The van der Waals surface area contributed by atoms with Gasteiger partial charge in [0.05, 0.1) is 6.10 Å². The molecule has 0 bridgehead atoms. The van der Waals surface area contributed by atoms with E-state index < -0.39 is 0 Å². The number of ether oxygens (including phenoxy) is 1. The van der Waals surface area contributed by atoms with Gasteiger partial charge in [0.2, 0.25) is 5.91 Å². The van der Waals surface area contributed by atoms with Crippen molar-refractivity contribution in [3.63, 3.8) is 0 Å². The molecule has 8 heteroatoms. The second kappa shape index (κ2) is 13.5. The number of halogens is 1. The highest BCUT2D eigenvalue weighted by atomic mass is 127. The molecule has 1 heterocycles. The minimum atomic E-state index is 0. The van der Waals surface area contributed by atoms with Gasteiger partial charge in [-0.2, -0.15) is 0 Å². The summed E-state index contributed by atoms with van der Waals surface area (Å²) in [5, 5.41) is 6.79. The minimum Gasteiger partial charge on any atom is -0.377 e. The SMILES string of the molecule is CCOC(CCN(C)C)CNC(=NC)NC1CCN(C(=O)C(C)C)C1.I. The van der Waals surface area contributed by atoms with Crippen molar-refractivity contribution < 1.29 is 9.53 Å². The second-order valence-electron chi connectivity index (χ2n) is 7.19. The van der Waals surface area contributed by atoms with Crippen LogP contribution in [-0.4, -0.2) is 87.7 Å². The van der Waals surface area contributed by atoms with Crippen LogP contribution in [0.5, 0.6) is 0 Å². The monoisotopic (exact) mass is 483 g/mol. The lowest BCUT2D eigenvalue weighted by atomic mass is 10.2. The van der Waals surface area contributed by atoms with Gasteiger partial charge >= 0.3 is 0 Å². The lowest BCUT2D eigenvalue weighted by Gasteiger charge is -2.23. The molecule has 26 heavy (non-hydrogen) atoms. The molecule has 2 N–H and O–H groups in total. The third kappa shape index (κ3) is 9.36. The van der Waals surface area contributed by atoms with Crippen molar-refractivity contribution in [1.29, 1.82) is 0 Å². The zero-order valence-corrected chi connectivity index (χ0v) is 19.6. The number of rotatable bonds is 9. The third-order valence-electron chi connectivity index (χ3n) is 4.36. The number of amides is 1. The molecule has 1 fully saturated rings. The van der Waals surface area contributed by atoms with E-state index in [9.17, 15) is 4.79 Å². The van der Waals surface area contributed by atoms with E-state index in [4.69, 9.17) is 4.74 Å². The van der Waals surface area contributed by atoms with E-state index in [0.717, 1.165) is 45.0 Å². The maximum atomic E-state index is 12.1. The molecule has 2 unspecified atom stereocenters. The molecule has 2 atom stereocenters. The minimum absolute atomic E-state index is 0. The number of guanidine groups is 1. The van der Waals surface area contributed by atoms with Crippen LogP contribution in [0.2, 0.25) is 0 Å². The number of hydrogen-bond donors (Lipinski definition) is 2. The molecule has 0 aromatic rings. The van der Waals surface area contributed by atoms with E-state index in [1.807, 2.05) is 25.7 Å². The molecule has 0 aromatic carbocycles. The molecule has 1 saturated heterocycles. The number of carbonyl (C=O) groups is 1. The first-order valence-electron chi connectivity index (χ1n) is 9.39. The van der Waals surface area contributed by atoms with Crippen LogP contribution in [0.1, 0.15) is 33.6 Å². The molecule has 0 radical (unpaired) electrons. The molecule has 7 nitrogen and oxygen atoms in total. The first kappa shape index (κ1) is 25.4. The molecular formula is C18H38IN5O2. The summed E-state index contributed by atoms with van der Waals surface area (Å²) in [5.74, 6) is 1.06. The van der Waals surface area contributed by atoms with Crippen molar-refractivity contribution in [2.75, 3.05) is 53.9 Å². The van der Waals surface area contributed by atoms with E-state index in [1.54, 1.807) is 7.05 Å². The van der Waals surface area contributed by atoms with Gasteiger partial charge < -0.3 is 25.2 Å². The van der Waals surface area contributed by atoms with Crippen LogP contribution in [0.4, 0.5) is 0 Å². The Hall–Kier alpha value is -0.610. The van der Waals surface area contributed by atoms with Gasteiger partial charge in [-0.1, -0.05) is 13.8 Å². The topological polar surface area (TPSA) is 69.2 Å². The Morgan fingerprint density at radius 3 is 2.62 bits per heavy atom. The lowest BCUT2D eigenvalue weighted by molar-refractivity contribution is -0.133. The highest BCUT2D eigenvalue weighted by Crippen LogP contribution is 2.12. The third-order valence-corrected chi connectivity index (χ3v) is 4.36. The number of nitrogens with zero attached hydrogens (tertiary/aromatic N) is 3. The molecule has 1 aliphatic rings. The molecule has 0 spiro atoms. The van der Waals surface area contributed by atoms with E-state index in [1.165, 1.54) is 0 Å². The van der Waals surface area contributed by atoms with E-state index >= 15 is 0 Å². The average Bonchev–Trinajstić information content (AvgIpc) is 3.03. The van der Waals surface area contributed by atoms with Crippen LogP contribution in [0.15, 0.2) is 4.99 Å². The van der Waals surface area contributed by atoms with Gasteiger partial charge in [0, 0.05) is 51.8 Å². The molecule has 0 aliphatic carbocycles. The Morgan fingerprint density at radius 1 is 1.38 bits per heavy atom.